The second kappa shape index (κ2) is 9.99. The minimum Gasteiger partial charge on any atom is -0.329 e. The van der Waals surface area contributed by atoms with E-state index in [9.17, 15) is 9.59 Å². The molecule has 0 saturated heterocycles. The van der Waals surface area contributed by atoms with Crippen LogP contribution in [0.5, 0.6) is 0 Å². The number of hydrogen-bond donors (Lipinski definition) is 0. The van der Waals surface area contributed by atoms with Crippen molar-refractivity contribution >= 4 is 27.6 Å². The lowest BCUT2D eigenvalue weighted by Gasteiger charge is -2.31. The Labute approximate surface area is 194 Å². The van der Waals surface area contributed by atoms with Crippen molar-refractivity contribution in [2.24, 2.45) is 0 Å². The molecule has 0 bridgehead atoms. The number of nitrogens with zero attached hydrogens (tertiary/aromatic N) is 3. The van der Waals surface area contributed by atoms with Gasteiger partial charge in [0.05, 0.1) is 16.9 Å². The van der Waals surface area contributed by atoms with Gasteiger partial charge >= 0.3 is 0 Å². The van der Waals surface area contributed by atoms with Crippen LogP contribution in [0.25, 0.3) is 21.7 Å². The summed E-state index contributed by atoms with van der Waals surface area (Å²) in [5, 5.41) is 2.59. The Bertz CT molecular complexity index is 1340. The van der Waals surface area contributed by atoms with Crippen LogP contribution >= 0.6 is 0 Å². The van der Waals surface area contributed by atoms with Crippen LogP contribution in [-0.2, 0) is 6.54 Å². The zero-order valence-electron chi connectivity index (χ0n) is 19.6. The minimum atomic E-state index is -0.342. The Morgan fingerprint density at radius 3 is 2.39 bits per heavy atom. The van der Waals surface area contributed by atoms with E-state index in [1.54, 1.807) is 4.57 Å². The second-order valence-electron chi connectivity index (χ2n) is 8.44. The Kier molecular flexibility index (Phi) is 6.87. The van der Waals surface area contributed by atoms with E-state index in [4.69, 9.17) is 4.98 Å². The van der Waals surface area contributed by atoms with Gasteiger partial charge in [0.15, 0.2) is 0 Å². The third kappa shape index (κ3) is 4.40. The van der Waals surface area contributed by atoms with Gasteiger partial charge in [-0.05, 0) is 49.2 Å². The third-order valence-electron chi connectivity index (χ3n) is 6.33. The summed E-state index contributed by atoms with van der Waals surface area (Å²) in [4.78, 5) is 33.9. The molecule has 1 aromatic heterocycles. The molecule has 4 rings (SSSR count). The highest BCUT2D eigenvalue weighted by atomic mass is 16.2. The van der Waals surface area contributed by atoms with Crippen LogP contribution in [0.4, 0.5) is 0 Å². The summed E-state index contributed by atoms with van der Waals surface area (Å²) in [7, 11) is 0. The number of unbranched alkanes of at least 4 members (excludes halogenated alkanes) is 2. The summed E-state index contributed by atoms with van der Waals surface area (Å²) in [5.74, 6) is 0.603. The molecule has 1 heterocycles. The SMILES string of the molecule is CCCCCN(C(=O)c1cccc2ccccc12)C(C)c1nc2ccccc2c(=O)n1CC. The quantitative estimate of drug-likeness (QED) is 0.317. The van der Waals surface area contributed by atoms with E-state index < -0.39 is 0 Å². The zero-order valence-corrected chi connectivity index (χ0v) is 19.6. The highest BCUT2D eigenvalue weighted by molar-refractivity contribution is 6.07. The largest absolute Gasteiger partial charge is 0.329 e. The maximum absolute atomic E-state index is 13.9. The van der Waals surface area contributed by atoms with Gasteiger partial charge in [0.25, 0.3) is 11.5 Å². The van der Waals surface area contributed by atoms with Crippen LogP contribution in [-0.4, -0.2) is 26.9 Å². The van der Waals surface area contributed by atoms with E-state index >= 15 is 0 Å². The third-order valence-corrected chi connectivity index (χ3v) is 6.33. The Morgan fingerprint density at radius 1 is 0.939 bits per heavy atom. The van der Waals surface area contributed by atoms with Crippen molar-refractivity contribution in [2.75, 3.05) is 6.54 Å². The summed E-state index contributed by atoms with van der Waals surface area (Å²) in [5.41, 5.74) is 1.29. The molecular weight excluding hydrogens is 410 g/mol. The van der Waals surface area contributed by atoms with Crippen LogP contribution in [0.2, 0.25) is 0 Å². The van der Waals surface area contributed by atoms with Crippen molar-refractivity contribution in [2.45, 2.75) is 52.6 Å². The Balaban J connectivity index is 1.82. The van der Waals surface area contributed by atoms with E-state index in [2.05, 4.69) is 6.92 Å². The highest BCUT2D eigenvalue weighted by Crippen LogP contribution is 2.26. The van der Waals surface area contributed by atoms with Gasteiger partial charge in [0.2, 0.25) is 0 Å². The summed E-state index contributed by atoms with van der Waals surface area (Å²) < 4.78 is 1.70. The molecule has 1 atom stereocenters. The number of carbonyl (C=O) groups excluding carboxylic acids is 1. The fourth-order valence-corrected chi connectivity index (χ4v) is 4.52. The van der Waals surface area contributed by atoms with Gasteiger partial charge in [-0.1, -0.05) is 68.3 Å². The molecule has 0 aliphatic heterocycles. The first-order chi connectivity index (χ1) is 16.1. The van der Waals surface area contributed by atoms with Crippen LogP contribution in [0.15, 0.2) is 71.5 Å². The lowest BCUT2D eigenvalue weighted by atomic mass is 10.0. The summed E-state index contributed by atoms with van der Waals surface area (Å²) in [6.07, 6.45) is 3.01. The molecule has 0 N–H and O–H groups in total. The molecule has 170 valence electrons. The first-order valence-electron chi connectivity index (χ1n) is 11.8. The van der Waals surface area contributed by atoms with Crippen molar-refractivity contribution in [1.29, 1.82) is 0 Å². The summed E-state index contributed by atoms with van der Waals surface area (Å²) >= 11 is 0. The van der Waals surface area contributed by atoms with Crippen molar-refractivity contribution in [3.63, 3.8) is 0 Å². The maximum atomic E-state index is 13.9. The normalized spacial score (nSPS) is 12.2. The lowest BCUT2D eigenvalue weighted by molar-refractivity contribution is 0.0677. The minimum absolute atomic E-state index is 0.0273. The molecule has 1 amide bonds. The molecule has 4 aromatic rings. The average molecular weight is 442 g/mol. The molecule has 1 unspecified atom stereocenters. The number of rotatable bonds is 8. The standard InChI is InChI=1S/C28H31N3O2/c1-4-6-11-19-31(27(32)23-17-12-14-21-13-7-8-15-22(21)23)20(3)26-29-25-18-10-9-16-24(25)28(33)30(26)5-2/h7-10,12-18,20H,4-6,11,19H2,1-3H3. The van der Waals surface area contributed by atoms with Gasteiger partial charge in [-0.15, -0.1) is 0 Å². The summed E-state index contributed by atoms with van der Waals surface area (Å²) in [6.45, 7) is 7.20. The van der Waals surface area contributed by atoms with Gasteiger partial charge < -0.3 is 4.90 Å². The lowest BCUT2D eigenvalue weighted by Crippen LogP contribution is -2.38. The van der Waals surface area contributed by atoms with Crippen molar-refractivity contribution in [3.8, 4) is 0 Å². The molecule has 0 radical (unpaired) electrons. The smallest absolute Gasteiger partial charge is 0.261 e. The number of carbonyl (C=O) groups is 1. The molecular formula is C28H31N3O2. The topological polar surface area (TPSA) is 55.2 Å². The van der Waals surface area contributed by atoms with Crippen LogP contribution in [0.3, 0.4) is 0 Å². The Morgan fingerprint density at radius 2 is 1.64 bits per heavy atom. The second-order valence-corrected chi connectivity index (χ2v) is 8.44. The molecule has 5 heteroatoms. The number of benzene rings is 3. The van der Waals surface area contributed by atoms with Gasteiger partial charge in [-0.2, -0.15) is 0 Å². The predicted molar refractivity (Wildman–Crippen MR) is 135 cm³/mol. The van der Waals surface area contributed by atoms with Crippen LogP contribution in [0.1, 0.15) is 62.3 Å². The predicted octanol–water partition coefficient (Wildman–Crippen LogP) is 5.96. The molecule has 0 spiro atoms. The van der Waals surface area contributed by atoms with Gasteiger partial charge in [-0.3, -0.25) is 14.2 Å². The number of hydrogen-bond acceptors (Lipinski definition) is 3. The van der Waals surface area contributed by atoms with Crippen LogP contribution in [0, 0.1) is 0 Å². The molecule has 0 aliphatic carbocycles. The van der Waals surface area contributed by atoms with Gasteiger partial charge in [-0.25, -0.2) is 4.98 Å². The number of fused-ring (bicyclic) bond motifs is 2. The molecule has 0 fully saturated rings. The van der Waals surface area contributed by atoms with E-state index in [0.717, 1.165) is 30.0 Å². The fourth-order valence-electron chi connectivity index (χ4n) is 4.52. The van der Waals surface area contributed by atoms with E-state index in [1.807, 2.05) is 85.5 Å². The zero-order chi connectivity index (χ0) is 23.4. The fraction of sp³-hybridized carbons (Fsp3) is 0.321. The molecule has 3 aromatic carbocycles. The van der Waals surface area contributed by atoms with Crippen molar-refractivity contribution in [3.05, 3.63) is 88.5 Å². The Hall–Kier alpha value is -3.47. The average Bonchev–Trinajstić information content (AvgIpc) is 2.85. The first-order valence-corrected chi connectivity index (χ1v) is 11.8. The van der Waals surface area contributed by atoms with Crippen molar-refractivity contribution in [1.82, 2.24) is 14.5 Å². The molecule has 0 saturated carbocycles. The van der Waals surface area contributed by atoms with E-state index in [-0.39, 0.29) is 17.5 Å². The first kappa shape index (κ1) is 22.7. The highest BCUT2D eigenvalue weighted by Gasteiger charge is 2.27. The van der Waals surface area contributed by atoms with Crippen molar-refractivity contribution < 1.29 is 4.79 Å². The molecule has 5 nitrogen and oxygen atoms in total. The van der Waals surface area contributed by atoms with E-state index in [1.165, 1.54) is 0 Å². The van der Waals surface area contributed by atoms with Crippen LogP contribution < -0.4 is 5.56 Å². The van der Waals surface area contributed by atoms with E-state index in [0.29, 0.717) is 35.4 Å². The number of aromatic nitrogens is 2. The summed E-state index contributed by atoms with van der Waals surface area (Å²) in [6, 6.07) is 20.9. The maximum Gasteiger partial charge on any atom is 0.261 e. The van der Waals surface area contributed by atoms with Gasteiger partial charge in [0, 0.05) is 18.7 Å². The molecule has 0 aliphatic rings. The van der Waals surface area contributed by atoms with Gasteiger partial charge in [0.1, 0.15) is 5.82 Å². The monoisotopic (exact) mass is 441 g/mol. The number of amides is 1. The molecule has 33 heavy (non-hydrogen) atoms. The number of para-hydroxylation sites is 1.